The molecule has 4 nitrogen and oxygen atoms in total. The van der Waals surface area contributed by atoms with Crippen LogP contribution >= 0.6 is 11.6 Å². The second-order valence-corrected chi connectivity index (χ2v) is 7.94. The van der Waals surface area contributed by atoms with Gasteiger partial charge in [-0.3, -0.25) is 9.88 Å². The van der Waals surface area contributed by atoms with Crippen molar-refractivity contribution in [2.45, 2.75) is 44.6 Å². The molecule has 1 aromatic heterocycles. The predicted octanol–water partition coefficient (Wildman–Crippen LogP) is 3.99. The van der Waals surface area contributed by atoms with Crippen molar-refractivity contribution < 1.29 is 9.47 Å². The summed E-state index contributed by atoms with van der Waals surface area (Å²) in [7, 11) is 0. The second kappa shape index (κ2) is 7.65. The zero-order chi connectivity index (χ0) is 18.0. The fraction of sp³-hybridized carbons (Fsp3) is 0.476. The molecular weight excluding hydrogens is 348 g/mol. The molecule has 0 bridgehead atoms. The summed E-state index contributed by atoms with van der Waals surface area (Å²) in [6.07, 6.45) is 2.17. The van der Waals surface area contributed by atoms with Gasteiger partial charge in [0.25, 0.3) is 0 Å². The molecule has 26 heavy (non-hydrogen) atoms. The van der Waals surface area contributed by atoms with E-state index in [0.29, 0.717) is 6.61 Å². The molecule has 0 amide bonds. The average molecular weight is 373 g/mol. The summed E-state index contributed by atoms with van der Waals surface area (Å²) in [6, 6.07) is 14.2. The van der Waals surface area contributed by atoms with Crippen molar-refractivity contribution in [3.05, 3.63) is 64.4 Å². The minimum absolute atomic E-state index is 0.0402. The van der Waals surface area contributed by atoms with Gasteiger partial charge in [0.15, 0.2) is 0 Å². The molecule has 1 spiro atoms. The zero-order valence-corrected chi connectivity index (χ0v) is 15.9. The molecule has 3 heterocycles. The minimum Gasteiger partial charge on any atom is -0.372 e. The Labute approximate surface area is 160 Å². The molecule has 0 aliphatic carbocycles. The molecule has 1 aromatic carbocycles. The molecule has 2 aromatic rings. The van der Waals surface area contributed by atoms with Crippen LogP contribution in [-0.4, -0.2) is 41.3 Å². The summed E-state index contributed by atoms with van der Waals surface area (Å²) < 4.78 is 12.3. The van der Waals surface area contributed by atoms with Gasteiger partial charge in [-0.2, -0.15) is 0 Å². The molecule has 4 rings (SSSR count). The zero-order valence-electron chi connectivity index (χ0n) is 15.2. The Kier molecular flexibility index (Phi) is 5.28. The highest BCUT2D eigenvalue weighted by atomic mass is 35.5. The van der Waals surface area contributed by atoms with Crippen molar-refractivity contribution >= 4 is 11.6 Å². The van der Waals surface area contributed by atoms with E-state index >= 15 is 0 Å². The first-order valence-electron chi connectivity index (χ1n) is 9.25. The van der Waals surface area contributed by atoms with Crippen molar-refractivity contribution in [1.29, 1.82) is 0 Å². The first-order valence-corrected chi connectivity index (χ1v) is 9.63. The molecule has 0 N–H and O–H groups in total. The number of hydrogen-bond donors (Lipinski definition) is 0. The third-order valence-corrected chi connectivity index (χ3v) is 5.41. The molecule has 138 valence electrons. The van der Waals surface area contributed by atoms with E-state index in [1.807, 2.05) is 43.3 Å². The number of aryl methyl sites for hydroxylation is 1. The number of halogens is 1. The normalized spacial score (nSPS) is 22.3. The highest BCUT2D eigenvalue weighted by Gasteiger charge is 2.47. The lowest BCUT2D eigenvalue weighted by Crippen LogP contribution is -2.65. The quantitative estimate of drug-likeness (QED) is 0.794. The van der Waals surface area contributed by atoms with E-state index in [1.54, 1.807) is 0 Å². The monoisotopic (exact) mass is 372 g/mol. The summed E-state index contributed by atoms with van der Waals surface area (Å²) in [4.78, 5) is 6.93. The fourth-order valence-corrected chi connectivity index (χ4v) is 4.22. The van der Waals surface area contributed by atoms with Gasteiger partial charge in [0.05, 0.1) is 24.0 Å². The van der Waals surface area contributed by atoms with Crippen LogP contribution in [0, 0.1) is 6.92 Å². The van der Waals surface area contributed by atoms with Gasteiger partial charge in [-0.25, -0.2) is 0 Å². The van der Waals surface area contributed by atoms with Crippen LogP contribution in [0.5, 0.6) is 0 Å². The summed E-state index contributed by atoms with van der Waals surface area (Å²) >= 11 is 6.08. The van der Waals surface area contributed by atoms with Gasteiger partial charge in [-0.15, -0.1) is 0 Å². The highest BCUT2D eigenvalue weighted by molar-refractivity contribution is 6.30. The standard InChI is InChI=1S/C21H25ClN2O2/c1-16-4-2-7-19(23-16)13-25-20-8-9-26-21(11-20)14-24(15-21)12-17-5-3-6-18(22)10-17/h2-7,10,20H,8-9,11-15H2,1H3/t20-/m1/s1. The summed E-state index contributed by atoms with van der Waals surface area (Å²) in [6.45, 7) is 6.20. The molecular formula is C21H25ClN2O2. The maximum Gasteiger partial charge on any atom is 0.0959 e. The Bertz CT molecular complexity index is 761. The Morgan fingerprint density at radius 2 is 2.12 bits per heavy atom. The van der Waals surface area contributed by atoms with E-state index in [2.05, 4.69) is 16.0 Å². The smallest absolute Gasteiger partial charge is 0.0959 e. The molecule has 2 fully saturated rings. The van der Waals surface area contributed by atoms with Gasteiger partial charge < -0.3 is 9.47 Å². The van der Waals surface area contributed by atoms with Gasteiger partial charge >= 0.3 is 0 Å². The number of hydrogen-bond acceptors (Lipinski definition) is 4. The molecule has 2 saturated heterocycles. The van der Waals surface area contributed by atoms with E-state index in [0.717, 1.165) is 55.5 Å². The average Bonchev–Trinajstić information content (AvgIpc) is 2.59. The van der Waals surface area contributed by atoms with Crippen molar-refractivity contribution in [1.82, 2.24) is 9.88 Å². The van der Waals surface area contributed by atoms with Gasteiger partial charge in [-0.05, 0) is 43.2 Å². The van der Waals surface area contributed by atoms with Crippen molar-refractivity contribution in [2.24, 2.45) is 0 Å². The lowest BCUT2D eigenvalue weighted by atomic mass is 9.84. The molecule has 1 atom stereocenters. The van der Waals surface area contributed by atoms with E-state index in [9.17, 15) is 0 Å². The Balaban J connectivity index is 1.28. The van der Waals surface area contributed by atoms with Crippen LogP contribution in [0.4, 0.5) is 0 Å². The maximum absolute atomic E-state index is 6.15. The highest BCUT2D eigenvalue weighted by Crippen LogP contribution is 2.36. The second-order valence-electron chi connectivity index (χ2n) is 7.50. The van der Waals surface area contributed by atoms with Gasteiger partial charge in [0, 0.05) is 43.4 Å². The molecule has 0 radical (unpaired) electrons. The van der Waals surface area contributed by atoms with Gasteiger partial charge in [0.2, 0.25) is 0 Å². The number of rotatable bonds is 5. The van der Waals surface area contributed by atoms with Crippen molar-refractivity contribution in [3.8, 4) is 0 Å². The van der Waals surface area contributed by atoms with E-state index < -0.39 is 0 Å². The van der Waals surface area contributed by atoms with Crippen LogP contribution in [0.3, 0.4) is 0 Å². The fourth-order valence-electron chi connectivity index (χ4n) is 4.00. The maximum atomic E-state index is 6.15. The van der Waals surface area contributed by atoms with Gasteiger partial charge in [0.1, 0.15) is 0 Å². The SMILES string of the molecule is Cc1cccc(CO[C@@H]2CCOC3(C2)CN(Cc2cccc(Cl)c2)C3)n1. The molecule has 0 saturated carbocycles. The third-order valence-electron chi connectivity index (χ3n) is 5.18. The number of pyridine rings is 1. The summed E-state index contributed by atoms with van der Waals surface area (Å²) in [5, 5.41) is 0.796. The first kappa shape index (κ1) is 17.9. The van der Waals surface area contributed by atoms with E-state index in [4.69, 9.17) is 21.1 Å². The lowest BCUT2D eigenvalue weighted by Gasteiger charge is -2.53. The van der Waals surface area contributed by atoms with Crippen molar-refractivity contribution in [3.63, 3.8) is 0 Å². The summed E-state index contributed by atoms with van der Waals surface area (Å²) in [5.41, 5.74) is 3.25. The third kappa shape index (κ3) is 4.26. The Morgan fingerprint density at radius 1 is 1.27 bits per heavy atom. The first-order chi connectivity index (χ1) is 12.6. The van der Waals surface area contributed by atoms with Gasteiger partial charge in [-0.1, -0.05) is 29.8 Å². The van der Waals surface area contributed by atoms with E-state index in [-0.39, 0.29) is 11.7 Å². The number of aromatic nitrogens is 1. The summed E-state index contributed by atoms with van der Waals surface area (Å²) in [5.74, 6) is 0. The molecule has 0 unspecified atom stereocenters. The topological polar surface area (TPSA) is 34.6 Å². The number of likely N-dealkylation sites (tertiary alicyclic amines) is 1. The van der Waals surface area contributed by atoms with Crippen molar-refractivity contribution in [2.75, 3.05) is 19.7 Å². The van der Waals surface area contributed by atoms with Crippen LogP contribution < -0.4 is 0 Å². The minimum atomic E-state index is -0.0402. The number of nitrogens with zero attached hydrogens (tertiary/aromatic N) is 2. The molecule has 5 heteroatoms. The largest absolute Gasteiger partial charge is 0.372 e. The number of ether oxygens (including phenoxy) is 2. The molecule has 2 aliphatic rings. The van der Waals surface area contributed by atoms with Crippen LogP contribution in [0.25, 0.3) is 0 Å². The van der Waals surface area contributed by atoms with Crippen LogP contribution in [0.1, 0.15) is 29.8 Å². The predicted molar refractivity (Wildman–Crippen MR) is 102 cm³/mol. The van der Waals surface area contributed by atoms with Crippen LogP contribution in [-0.2, 0) is 22.6 Å². The Morgan fingerprint density at radius 3 is 2.92 bits per heavy atom. The van der Waals surface area contributed by atoms with Crippen LogP contribution in [0.15, 0.2) is 42.5 Å². The lowest BCUT2D eigenvalue weighted by molar-refractivity contribution is -0.200. The number of benzene rings is 1. The molecule has 2 aliphatic heterocycles. The van der Waals surface area contributed by atoms with E-state index in [1.165, 1.54) is 5.56 Å². The Hall–Kier alpha value is -1.46. The van der Waals surface area contributed by atoms with Crippen LogP contribution in [0.2, 0.25) is 5.02 Å².